The normalized spacial score (nSPS) is 11.0. The molecule has 0 fully saturated rings. The molecule has 0 bridgehead atoms. The second-order valence-corrected chi connectivity index (χ2v) is 5.96. The van der Waals surface area contributed by atoms with Crippen molar-refractivity contribution in [2.45, 2.75) is 33.1 Å². The molecule has 4 heteroatoms. The predicted molar refractivity (Wildman–Crippen MR) is 85.1 cm³/mol. The van der Waals surface area contributed by atoms with E-state index in [9.17, 15) is 4.79 Å². The average Bonchev–Trinajstić information content (AvgIpc) is 2.36. The van der Waals surface area contributed by atoms with Crippen LogP contribution in [0.2, 0.25) is 5.02 Å². The molecule has 0 aromatic heterocycles. The molecule has 0 N–H and O–H groups in total. The van der Waals surface area contributed by atoms with Crippen LogP contribution < -0.4 is 0 Å². The van der Waals surface area contributed by atoms with Gasteiger partial charge in [0.15, 0.2) is 5.78 Å². The summed E-state index contributed by atoms with van der Waals surface area (Å²) in [4.78, 5) is 14.5. The van der Waals surface area contributed by atoms with E-state index in [1.165, 1.54) is 0 Å². The van der Waals surface area contributed by atoms with Crippen LogP contribution in [0.25, 0.3) is 0 Å². The van der Waals surface area contributed by atoms with Crippen molar-refractivity contribution in [3.05, 3.63) is 33.3 Å². The molecule has 0 radical (unpaired) electrons. The third-order valence-corrected chi connectivity index (χ3v) is 3.77. The fraction of sp³-hybridized carbons (Fsp3) is 0.533. The minimum atomic E-state index is 0.120. The summed E-state index contributed by atoms with van der Waals surface area (Å²) < 4.78 is 0.896. The molecule has 0 aliphatic carbocycles. The van der Waals surface area contributed by atoms with Gasteiger partial charge in [0, 0.05) is 23.0 Å². The SMILES string of the molecule is CCCN(CCC)CCC(=O)c1ccc(Br)cc1Cl. The van der Waals surface area contributed by atoms with E-state index in [-0.39, 0.29) is 5.78 Å². The molecule has 0 heterocycles. The highest BCUT2D eigenvalue weighted by Gasteiger charge is 2.12. The van der Waals surface area contributed by atoms with Gasteiger partial charge < -0.3 is 4.90 Å². The van der Waals surface area contributed by atoms with E-state index in [0.717, 1.165) is 36.9 Å². The van der Waals surface area contributed by atoms with Crippen molar-refractivity contribution < 1.29 is 4.79 Å². The summed E-state index contributed by atoms with van der Waals surface area (Å²) in [6.45, 7) is 7.24. The summed E-state index contributed by atoms with van der Waals surface area (Å²) >= 11 is 9.44. The Bertz CT molecular complexity index is 417. The molecule has 0 amide bonds. The molecule has 19 heavy (non-hydrogen) atoms. The first-order valence-corrected chi connectivity index (χ1v) is 7.96. The first-order valence-electron chi connectivity index (χ1n) is 6.79. The molecular weight excluding hydrogens is 326 g/mol. The summed E-state index contributed by atoms with van der Waals surface area (Å²) in [5.41, 5.74) is 0.623. The van der Waals surface area contributed by atoms with E-state index >= 15 is 0 Å². The van der Waals surface area contributed by atoms with Crippen LogP contribution in [0.3, 0.4) is 0 Å². The van der Waals surface area contributed by atoms with Gasteiger partial charge in [0.2, 0.25) is 0 Å². The molecule has 0 atom stereocenters. The first-order chi connectivity index (χ1) is 9.08. The van der Waals surface area contributed by atoms with E-state index in [1.54, 1.807) is 12.1 Å². The molecule has 0 saturated carbocycles. The zero-order valence-corrected chi connectivity index (χ0v) is 13.9. The monoisotopic (exact) mass is 345 g/mol. The van der Waals surface area contributed by atoms with Crippen LogP contribution >= 0.6 is 27.5 Å². The van der Waals surface area contributed by atoms with E-state index in [1.807, 2.05) is 6.07 Å². The number of halogens is 2. The Hall–Kier alpha value is -0.380. The van der Waals surface area contributed by atoms with Gasteiger partial charge in [-0.25, -0.2) is 0 Å². The maximum Gasteiger partial charge on any atom is 0.165 e. The fourth-order valence-corrected chi connectivity index (χ4v) is 2.86. The summed E-state index contributed by atoms with van der Waals surface area (Å²) in [5.74, 6) is 0.120. The molecule has 0 unspecified atom stereocenters. The van der Waals surface area contributed by atoms with Gasteiger partial charge in [0.1, 0.15) is 0 Å². The minimum Gasteiger partial charge on any atom is -0.303 e. The maximum absolute atomic E-state index is 12.2. The number of rotatable bonds is 8. The average molecular weight is 347 g/mol. The van der Waals surface area contributed by atoms with Crippen LogP contribution in [0.4, 0.5) is 0 Å². The highest BCUT2D eigenvalue weighted by molar-refractivity contribution is 9.10. The van der Waals surface area contributed by atoms with Gasteiger partial charge in [-0.2, -0.15) is 0 Å². The molecule has 0 saturated heterocycles. The lowest BCUT2D eigenvalue weighted by atomic mass is 10.1. The molecule has 1 rings (SSSR count). The van der Waals surface area contributed by atoms with Crippen molar-refractivity contribution in [2.75, 3.05) is 19.6 Å². The quantitative estimate of drug-likeness (QED) is 0.630. The highest BCUT2D eigenvalue weighted by atomic mass is 79.9. The number of carbonyl (C=O) groups is 1. The van der Waals surface area contributed by atoms with Crippen molar-refractivity contribution >= 4 is 33.3 Å². The van der Waals surface area contributed by atoms with E-state index in [4.69, 9.17) is 11.6 Å². The number of hydrogen-bond acceptors (Lipinski definition) is 2. The van der Waals surface area contributed by atoms with Crippen molar-refractivity contribution in [3.63, 3.8) is 0 Å². The lowest BCUT2D eigenvalue weighted by Gasteiger charge is -2.20. The number of nitrogens with zero attached hydrogens (tertiary/aromatic N) is 1. The molecule has 0 spiro atoms. The highest BCUT2D eigenvalue weighted by Crippen LogP contribution is 2.22. The summed E-state index contributed by atoms with van der Waals surface area (Å²) in [7, 11) is 0. The number of carbonyl (C=O) groups excluding carboxylic acids is 1. The second-order valence-electron chi connectivity index (χ2n) is 4.64. The standard InChI is InChI=1S/C15H21BrClNO/c1-3-8-18(9-4-2)10-7-15(19)13-6-5-12(16)11-14(13)17/h5-6,11H,3-4,7-10H2,1-2H3. The molecule has 1 aromatic carbocycles. The Kier molecular flexibility index (Phi) is 7.66. The van der Waals surface area contributed by atoms with Crippen molar-refractivity contribution in [2.24, 2.45) is 0 Å². The first kappa shape index (κ1) is 16.7. The van der Waals surface area contributed by atoms with Crippen LogP contribution in [0.1, 0.15) is 43.5 Å². The third-order valence-electron chi connectivity index (χ3n) is 2.97. The zero-order chi connectivity index (χ0) is 14.3. The van der Waals surface area contributed by atoms with Gasteiger partial charge in [-0.1, -0.05) is 41.4 Å². The van der Waals surface area contributed by atoms with Gasteiger partial charge >= 0.3 is 0 Å². The molecule has 0 aliphatic heterocycles. The Labute approximate surface area is 129 Å². The predicted octanol–water partition coefficient (Wildman–Crippen LogP) is 4.80. The smallest absolute Gasteiger partial charge is 0.165 e. The van der Waals surface area contributed by atoms with E-state index in [0.29, 0.717) is 17.0 Å². The van der Waals surface area contributed by atoms with Crippen LogP contribution in [-0.4, -0.2) is 30.3 Å². The molecule has 2 nitrogen and oxygen atoms in total. The number of benzene rings is 1. The Balaban J connectivity index is 2.58. The van der Waals surface area contributed by atoms with E-state index < -0.39 is 0 Å². The zero-order valence-electron chi connectivity index (χ0n) is 11.6. The molecular formula is C15H21BrClNO. The van der Waals surface area contributed by atoms with Crippen LogP contribution in [0.5, 0.6) is 0 Å². The van der Waals surface area contributed by atoms with E-state index in [2.05, 4.69) is 34.7 Å². The summed E-state index contributed by atoms with van der Waals surface area (Å²) in [6, 6.07) is 5.42. The number of ketones is 1. The van der Waals surface area contributed by atoms with Gasteiger partial charge in [-0.3, -0.25) is 4.79 Å². The van der Waals surface area contributed by atoms with Gasteiger partial charge in [0.25, 0.3) is 0 Å². The molecule has 106 valence electrons. The maximum atomic E-state index is 12.2. The second kappa shape index (κ2) is 8.72. The largest absolute Gasteiger partial charge is 0.303 e. The lowest BCUT2D eigenvalue weighted by Crippen LogP contribution is -2.28. The molecule has 0 aliphatic rings. The van der Waals surface area contributed by atoms with Crippen molar-refractivity contribution in [1.82, 2.24) is 4.90 Å². The third kappa shape index (κ3) is 5.64. The van der Waals surface area contributed by atoms with Crippen LogP contribution in [-0.2, 0) is 0 Å². The topological polar surface area (TPSA) is 20.3 Å². The summed E-state index contributed by atoms with van der Waals surface area (Å²) in [5, 5.41) is 0.525. The van der Waals surface area contributed by atoms with Crippen molar-refractivity contribution in [3.8, 4) is 0 Å². The number of Topliss-reactive ketones (excluding diaryl/α,β-unsaturated/α-hetero) is 1. The Morgan fingerprint density at radius 1 is 1.21 bits per heavy atom. The van der Waals surface area contributed by atoms with Gasteiger partial charge in [0.05, 0.1) is 5.02 Å². The molecule has 1 aromatic rings. The van der Waals surface area contributed by atoms with Gasteiger partial charge in [-0.15, -0.1) is 0 Å². The van der Waals surface area contributed by atoms with Crippen molar-refractivity contribution in [1.29, 1.82) is 0 Å². The fourth-order valence-electron chi connectivity index (χ4n) is 2.08. The Morgan fingerprint density at radius 2 is 1.84 bits per heavy atom. The van der Waals surface area contributed by atoms with Gasteiger partial charge in [-0.05, 0) is 44.1 Å². The van der Waals surface area contributed by atoms with Crippen LogP contribution in [0.15, 0.2) is 22.7 Å². The Morgan fingerprint density at radius 3 is 2.37 bits per heavy atom. The van der Waals surface area contributed by atoms with Crippen LogP contribution in [0, 0.1) is 0 Å². The minimum absolute atomic E-state index is 0.120. The number of hydrogen-bond donors (Lipinski definition) is 0. The summed E-state index contributed by atoms with van der Waals surface area (Å²) in [6.07, 6.45) is 2.77. The lowest BCUT2D eigenvalue weighted by molar-refractivity contribution is 0.0964.